The lowest BCUT2D eigenvalue weighted by atomic mass is 10.2. The van der Waals surface area contributed by atoms with Gasteiger partial charge in [-0.15, -0.1) is 11.3 Å². The van der Waals surface area contributed by atoms with Gasteiger partial charge in [-0.1, -0.05) is 6.07 Å². The van der Waals surface area contributed by atoms with Crippen molar-refractivity contribution in [1.29, 1.82) is 0 Å². The van der Waals surface area contributed by atoms with Crippen LogP contribution < -0.4 is 20.1 Å². The van der Waals surface area contributed by atoms with Gasteiger partial charge in [0.05, 0.1) is 11.4 Å². The maximum Gasteiger partial charge on any atom is 0.325 e. The number of urea groups is 1. The highest BCUT2D eigenvalue weighted by Gasteiger charge is 2.24. The van der Waals surface area contributed by atoms with Gasteiger partial charge in [0.25, 0.3) is 5.91 Å². The van der Waals surface area contributed by atoms with Crippen molar-refractivity contribution in [2.24, 2.45) is 0 Å². The standard InChI is InChI=1S/C20H22N4O5S/c25-18(13-23-5-7-24(8-6-23)19(26)17-2-1-11-30-17)22-20(27)21-14-3-4-15-16(12-14)29-10-9-28-15/h1-4,11-12H,5-10,13H2,(H2,21,22,25,27). The Kier molecular flexibility index (Phi) is 6.15. The highest BCUT2D eigenvalue weighted by atomic mass is 32.1. The summed E-state index contributed by atoms with van der Waals surface area (Å²) in [5.74, 6) is 0.802. The lowest BCUT2D eigenvalue weighted by Crippen LogP contribution is -2.51. The fraction of sp³-hybridized carbons (Fsp3) is 0.350. The zero-order chi connectivity index (χ0) is 20.9. The van der Waals surface area contributed by atoms with E-state index in [1.807, 2.05) is 22.4 Å². The van der Waals surface area contributed by atoms with Gasteiger partial charge in [0.15, 0.2) is 11.5 Å². The van der Waals surface area contributed by atoms with Crippen molar-refractivity contribution in [2.75, 3.05) is 51.3 Å². The normalized spacial score (nSPS) is 16.1. The molecule has 1 aromatic heterocycles. The summed E-state index contributed by atoms with van der Waals surface area (Å²) in [5.41, 5.74) is 0.505. The predicted molar refractivity (Wildman–Crippen MR) is 111 cm³/mol. The Bertz CT molecular complexity index is 925. The van der Waals surface area contributed by atoms with Gasteiger partial charge >= 0.3 is 6.03 Å². The van der Waals surface area contributed by atoms with Crippen LogP contribution in [0.5, 0.6) is 11.5 Å². The molecular formula is C20H22N4O5S. The van der Waals surface area contributed by atoms with Crippen LogP contribution in [0.2, 0.25) is 0 Å². The first-order valence-electron chi connectivity index (χ1n) is 9.64. The number of rotatable bonds is 4. The number of nitrogens with zero attached hydrogens (tertiary/aromatic N) is 2. The summed E-state index contributed by atoms with van der Waals surface area (Å²) in [6, 6.07) is 8.11. The number of nitrogens with one attached hydrogen (secondary N) is 2. The van der Waals surface area contributed by atoms with Crippen LogP contribution in [-0.2, 0) is 4.79 Å². The van der Waals surface area contributed by atoms with E-state index in [2.05, 4.69) is 10.6 Å². The summed E-state index contributed by atoms with van der Waals surface area (Å²) in [5, 5.41) is 6.83. The molecule has 3 heterocycles. The molecule has 0 atom stereocenters. The number of piperazine rings is 1. The fourth-order valence-electron chi connectivity index (χ4n) is 3.32. The molecular weight excluding hydrogens is 408 g/mol. The molecule has 0 radical (unpaired) electrons. The molecule has 2 aromatic rings. The van der Waals surface area contributed by atoms with E-state index in [0.29, 0.717) is 56.6 Å². The quantitative estimate of drug-likeness (QED) is 0.765. The molecule has 9 nitrogen and oxygen atoms in total. The van der Waals surface area contributed by atoms with Gasteiger partial charge in [-0.25, -0.2) is 4.79 Å². The first-order chi connectivity index (χ1) is 14.6. The van der Waals surface area contributed by atoms with Gasteiger partial charge in [0, 0.05) is 37.9 Å². The van der Waals surface area contributed by atoms with Crippen LogP contribution in [0.4, 0.5) is 10.5 Å². The number of benzene rings is 1. The molecule has 4 amide bonds. The minimum absolute atomic E-state index is 0.0212. The zero-order valence-corrected chi connectivity index (χ0v) is 17.1. The molecule has 1 aromatic carbocycles. The molecule has 1 saturated heterocycles. The number of amides is 4. The molecule has 30 heavy (non-hydrogen) atoms. The maximum absolute atomic E-state index is 12.4. The smallest absolute Gasteiger partial charge is 0.325 e. The summed E-state index contributed by atoms with van der Waals surface area (Å²) in [6.45, 7) is 3.29. The highest BCUT2D eigenvalue weighted by Crippen LogP contribution is 2.32. The summed E-state index contributed by atoms with van der Waals surface area (Å²) >= 11 is 1.42. The van der Waals surface area contributed by atoms with Crippen molar-refractivity contribution in [3.63, 3.8) is 0 Å². The van der Waals surface area contributed by atoms with Crippen molar-refractivity contribution in [1.82, 2.24) is 15.1 Å². The number of ether oxygens (including phenoxy) is 2. The van der Waals surface area contributed by atoms with Crippen molar-refractivity contribution in [3.8, 4) is 11.5 Å². The van der Waals surface area contributed by atoms with Gasteiger partial charge in [-0.3, -0.25) is 19.8 Å². The number of thiophene rings is 1. The summed E-state index contributed by atoms with van der Waals surface area (Å²) in [7, 11) is 0. The monoisotopic (exact) mass is 430 g/mol. The van der Waals surface area contributed by atoms with E-state index in [1.165, 1.54) is 11.3 Å². The SMILES string of the molecule is O=C(CN1CCN(C(=O)c2cccs2)CC1)NC(=O)Nc1ccc2c(c1)OCCO2. The molecule has 0 unspecified atom stereocenters. The van der Waals surface area contributed by atoms with Gasteiger partial charge in [0.2, 0.25) is 5.91 Å². The first-order valence-corrected chi connectivity index (χ1v) is 10.5. The predicted octanol–water partition coefficient (Wildman–Crippen LogP) is 1.63. The van der Waals surface area contributed by atoms with Gasteiger partial charge in [-0.2, -0.15) is 0 Å². The molecule has 10 heteroatoms. The van der Waals surface area contributed by atoms with Crippen LogP contribution in [0.25, 0.3) is 0 Å². The lowest BCUT2D eigenvalue weighted by molar-refractivity contribution is -0.121. The van der Waals surface area contributed by atoms with Crippen molar-refractivity contribution < 1.29 is 23.9 Å². The van der Waals surface area contributed by atoms with E-state index in [4.69, 9.17) is 9.47 Å². The molecule has 0 aliphatic carbocycles. The molecule has 4 rings (SSSR count). The molecule has 0 bridgehead atoms. The third-order valence-corrected chi connectivity index (χ3v) is 5.67. The van der Waals surface area contributed by atoms with Crippen LogP contribution in [0, 0.1) is 0 Å². The Hall–Kier alpha value is -3.11. The molecule has 158 valence electrons. The molecule has 2 aliphatic heterocycles. The average molecular weight is 430 g/mol. The van der Waals surface area contributed by atoms with E-state index in [1.54, 1.807) is 23.1 Å². The van der Waals surface area contributed by atoms with Crippen LogP contribution in [0.1, 0.15) is 9.67 Å². The number of fused-ring (bicyclic) bond motifs is 1. The minimum atomic E-state index is -0.608. The second-order valence-corrected chi connectivity index (χ2v) is 7.85. The lowest BCUT2D eigenvalue weighted by Gasteiger charge is -2.34. The Morgan fingerprint density at radius 2 is 1.77 bits per heavy atom. The van der Waals surface area contributed by atoms with Crippen LogP contribution in [-0.4, -0.2) is 73.6 Å². The van der Waals surface area contributed by atoms with E-state index >= 15 is 0 Å². The van der Waals surface area contributed by atoms with Crippen molar-refractivity contribution >= 4 is 34.9 Å². The third-order valence-electron chi connectivity index (χ3n) is 4.81. The van der Waals surface area contributed by atoms with Crippen LogP contribution >= 0.6 is 11.3 Å². The highest BCUT2D eigenvalue weighted by molar-refractivity contribution is 7.12. The largest absolute Gasteiger partial charge is 0.486 e. The van der Waals surface area contributed by atoms with Crippen LogP contribution in [0.15, 0.2) is 35.7 Å². The number of carbonyl (C=O) groups excluding carboxylic acids is 3. The Labute approximate surface area is 177 Å². The summed E-state index contributed by atoms with van der Waals surface area (Å²) in [6.07, 6.45) is 0. The van der Waals surface area contributed by atoms with E-state index in [-0.39, 0.29) is 12.5 Å². The Morgan fingerprint density at radius 1 is 1.00 bits per heavy atom. The second kappa shape index (κ2) is 9.14. The maximum atomic E-state index is 12.4. The zero-order valence-electron chi connectivity index (χ0n) is 16.3. The Morgan fingerprint density at radius 3 is 2.50 bits per heavy atom. The number of anilines is 1. The third kappa shape index (κ3) is 4.89. The first kappa shape index (κ1) is 20.2. The van der Waals surface area contributed by atoms with Gasteiger partial charge in [0.1, 0.15) is 13.2 Å². The topological polar surface area (TPSA) is 100 Å². The fourth-order valence-corrected chi connectivity index (χ4v) is 4.01. The second-order valence-electron chi connectivity index (χ2n) is 6.91. The van der Waals surface area contributed by atoms with E-state index < -0.39 is 11.9 Å². The minimum Gasteiger partial charge on any atom is -0.486 e. The number of hydrogen-bond donors (Lipinski definition) is 2. The summed E-state index contributed by atoms with van der Waals surface area (Å²) in [4.78, 5) is 41.1. The molecule has 2 N–H and O–H groups in total. The Balaban J connectivity index is 1.21. The molecule has 0 spiro atoms. The molecule has 0 saturated carbocycles. The average Bonchev–Trinajstić information content (AvgIpc) is 3.28. The number of hydrogen-bond acceptors (Lipinski definition) is 7. The molecule has 2 aliphatic rings. The van der Waals surface area contributed by atoms with Gasteiger partial charge in [-0.05, 0) is 23.6 Å². The summed E-state index contributed by atoms with van der Waals surface area (Å²) < 4.78 is 10.9. The molecule has 1 fully saturated rings. The number of imide groups is 1. The van der Waals surface area contributed by atoms with Crippen molar-refractivity contribution in [2.45, 2.75) is 0 Å². The number of carbonyl (C=O) groups is 3. The van der Waals surface area contributed by atoms with E-state index in [0.717, 1.165) is 4.88 Å². The van der Waals surface area contributed by atoms with E-state index in [9.17, 15) is 14.4 Å². The van der Waals surface area contributed by atoms with Crippen molar-refractivity contribution in [3.05, 3.63) is 40.6 Å². The van der Waals surface area contributed by atoms with Gasteiger partial charge < -0.3 is 19.7 Å². The van der Waals surface area contributed by atoms with Crippen LogP contribution in [0.3, 0.4) is 0 Å².